The minimum Gasteiger partial charge on any atom is -0.481 e. The number of carbonyl (C=O) groups excluding carboxylic acids is 1. The second-order valence-electron chi connectivity index (χ2n) is 5.43. The maximum atomic E-state index is 12.5. The first kappa shape index (κ1) is 14.4. The van der Waals surface area contributed by atoms with Gasteiger partial charge in [-0.05, 0) is 30.4 Å². The number of allylic oxidation sites excluding steroid dienone is 2. The molecule has 0 aromatic heterocycles. The van der Waals surface area contributed by atoms with Crippen molar-refractivity contribution in [1.29, 1.82) is 0 Å². The molecule has 0 spiro atoms. The van der Waals surface area contributed by atoms with Crippen molar-refractivity contribution in [2.45, 2.75) is 6.42 Å². The lowest BCUT2D eigenvalue weighted by molar-refractivity contribution is -0.146. The summed E-state index contributed by atoms with van der Waals surface area (Å²) in [5.41, 5.74) is 0.407. The standard InChI is InChI=1S/C15H13Cl2NO3/c16-9-2-1-3-10(13(9)17)18-14(19)11-7-4-5-8(6-7)12(11)15(20)21/h1-5,7-8,11-12H,6H2,(H,18,19)(H,20,21)/t7-,8-,11+,12-/m0/s1. The third-order valence-corrected chi connectivity index (χ3v) is 5.08. The van der Waals surface area contributed by atoms with Gasteiger partial charge in [-0.15, -0.1) is 0 Å². The summed E-state index contributed by atoms with van der Waals surface area (Å²) in [6.45, 7) is 0. The first-order valence-corrected chi connectivity index (χ1v) is 7.40. The Labute approximate surface area is 131 Å². The smallest absolute Gasteiger partial charge is 0.307 e. The largest absolute Gasteiger partial charge is 0.481 e. The van der Waals surface area contributed by atoms with E-state index < -0.39 is 17.8 Å². The van der Waals surface area contributed by atoms with Crippen LogP contribution in [0, 0.1) is 23.7 Å². The number of carbonyl (C=O) groups is 2. The minimum atomic E-state index is -0.927. The molecule has 3 rings (SSSR count). The van der Waals surface area contributed by atoms with Crippen LogP contribution in [0.2, 0.25) is 10.0 Å². The molecule has 110 valence electrons. The van der Waals surface area contributed by atoms with Crippen LogP contribution in [0.15, 0.2) is 30.4 Å². The van der Waals surface area contributed by atoms with E-state index in [0.717, 1.165) is 6.42 Å². The Bertz CT molecular complexity index is 644. The van der Waals surface area contributed by atoms with Crippen molar-refractivity contribution >= 4 is 40.8 Å². The summed E-state index contributed by atoms with van der Waals surface area (Å²) >= 11 is 12.0. The molecule has 21 heavy (non-hydrogen) atoms. The highest BCUT2D eigenvalue weighted by Gasteiger charge is 2.51. The third kappa shape index (κ3) is 2.43. The lowest BCUT2D eigenvalue weighted by atomic mass is 9.82. The van der Waals surface area contributed by atoms with E-state index in [4.69, 9.17) is 23.2 Å². The Morgan fingerprint density at radius 1 is 1.14 bits per heavy atom. The third-order valence-electron chi connectivity index (χ3n) is 4.26. The minimum absolute atomic E-state index is 0.0194. The molecule has 4 nitrogen and oxygen atoms in total. The van der Waals surface area contributed by atoms with Gasteiger partial charge in [0.05, 0.1) is 27.6 Å². The summed E-state index contributed by atoms with van der Waals surface area (Å²) in [6, 6.07) is 4.95. The number of amides is 1. The molecule has 2 aliphatic carbocycles. The molecule has 2 aliphatic rings. The summed E-state index contributed by atoms with van der Waals surface area (Å²) in [6.07, 6.45) is 4.56. The highest BCUT2D eigenvalue weighted by Crippen LogP contribution is 2.48. The molecule has 4 atom stereocenters. The van der Waals surface area contributed by atoms with Crippen molar-refractivity contribution in [2.24, 2.45) is 23.7 Å². The number of halogens is 2. The van der Waals surface area contributed by atoms with Crippen molar-refractivity contribution in [3.05, 3.63) is 40.4 Å². The predicted molar refractivity (Wildman–Crippen MR) is 80.4 cm³/mol. The van der Waals surface area contributed by atoms with Gasteiger partial charge in [0.2, 0.25) is 5.91 Å². The number of hydrogen-bond acceptors (Lipinski definition) is 2. The number of fused-ring (bicyclic) bond motifs is 2. The van der Waals surface area contributed by atoms with E-state index in [1.807, 2.05) is 12.2 Å². The Balaban J connectivity index is 1.84. The molecule has 6 heteroatoms. The molecule has 0 saturated heterocycles. The Hall–Kier alpha value is -1.52. The van der Waals surface area contributed by atoms with Gasteiger partial charge in [0.25, 0.3) is 0 Å². The highest BCUT2D eigenvalue weighted by atomic mass is 35.5. The lowest BCUT2D eigenvalue weighted by Crippen LogP contribution is -2.36. The van der Waals surface area contributed by atoms with Crippen molar-refractivity contribution in [2.75, 3.05) is 5.32 Å². The summed E-state index contributed by atoms with van der Waals surface area (Å²) in [5.74, 6) is -2.55. The van der Waals surface area contributed by atoms with Crippen molar-refractivity contribution in [1.82, 2.24) is 0 Å². The molecular weight excluding hydrogens is 313 g/mol. The Morgan fingerprint density at radius 3 is 2.48 bits per heavy atom. The number of hydrogen-bond donors (Lipinski definition) is 2. The molecule has 0 radical (unpaired) electrons. The zero-order valence-corrected chi connectivity index (χ0v) is 12.4. The lowest BCUT2D eigenvalue weighted by Gasteiger charge is -2.24. The van der Waals surface area contributed by atoms with Crippen LogP contribution in [0.5, 0.6) is 0 Å². The van der Waals surface area contributed by atoms with Gasteiger partial charge in [-0.3, -0.25) is 9.59 Å². The quantitative estimate of drug-likeness (QED) is 0.836. The molecule has 1 fully saturated rings. The number of anilines is 1. The summed E-state index contributed by atoms with van der Waals surface area (Å²) in [7, 11) is 0. The fourth-order valence-electron chi connectivity index (χ4n) is 3.33. The highest BCUT2D eigenvalue weighted by molar-refractivity contribution is 6.44. The van der Waals surface area contributed by atoms with E-state index in [9.17, 15) is 14.7 Å². The number of carboxylic acids is 1. The molecular formula is C15H13Cl2NO3. The molecule has 0 aliphatic heterocycles. The van der Waals surface area contributed by atoms with E-state index in [2.05, 4.69) is 5.32 Å². The zero-order chi connectivity index (χ0) is 15.1. The van der Waals surface area contributed by atoms with Gasteiger partial charge in [-0.1, -0.05) is 41.4 Å². The molecule has 1 saturated carbocycles. The summed E-state index contributed by atoms with van der Waals surface area (Å²) in [5, 5.41) is 12.7. The zero-order valence-electron chi connectivity index (χ0n) is 10.9. The van der Waals surface area contributed by atoms with Crippen LogP contribution >= 0.6 is 23.2 Å². The average Bonchev–Trinajstić information content (AvgIpc) is 3.04. The fourth-order valence-corrected chi connectivity index (χ4v) is 3.68. The Kier molecular flexibility index (Phi) is 3.68. The number of benzene rings is 1. The van der Waals surface area contributed by atoms with Crippen LogP contribution < -0.4 is 5.32 Å². The van der Waals surface area contributed by atoms with Gasteiger partial charge in [0.15, 0.2) is 0 Å². The van der Waals surface area contributed by atoms with Gasteiger partial charge in [-0.25, -0.2) is 0 Å². The maximum absolute atomic E-state index is 12.5. The Morgan fingerprint density at radius 2 is 1.81 bits per heavy atom. The van der Waals surface area contributed by atoms with E-state index in [-0.39, 0.29) is 22.8 Å². The van der Waals surface area contributed by atoms with Gasteiger partial charge in [-0.2, -0.15) is 0 Å². The summed E-state index contributed by atoms with van der Waals surface area (Å²) < 4.78 is 0. The molecule has 1 aromatic rings. The van der Waals surface area contributed by atoms with Crippen LogP contribution in [-0.4, -0.2) is 17.0 Å². The number of nitrogens with one attached hydrogen (secondary N) is 1. The molecule has 0 heterocycles. The second kappa shape index (κ2) is 5.35. The van der Waals surface area contributed by atoms with E-state index in [1.54, 1.807) is 18.2 Å². The van der Waals surface area contributed by atoms with Gasteiger partial charge in [0, 0.05) is 0 Å². The van der Waals surface area contributed by atoms with Crippen LogP contribution in [0.1, 0.15) is 6.42 Å². The molecule has 1 amide bonds. The first-order chi connectivity index (χ1) is 9.99. The first-order valence-electron chi connectivity index (χ1n) is 6.65. The molecule has 2 N–H and O–H groups in total. The number of aliphatic carboxylic acids is 1. The van der Waals surface area contributed by atoms with Crippen molar-refractivity contribution < 1.29 is 14.7 Å². The number of carboxylic acid groups (broad SMARTS) is 1. The second-order valence-corrected chi connectivity index (χ2v) is 6.21. The van der Waals surface area contributed by atoms with E-state index in [1.165, 1.54) is 0 Å². The SMILES string of the molecule is O=C(O)[C@@H]1[C@H](C(=O)Nc2cccc(Cl)c2Cl)[C@H]2C=C[C@H]1C2. The van der Waals surface area contributed by atoms with Gasteiger partial charge in [0.1, 0.15) is 0 Å². The van der Waals surface area contributed by atoms with Crippen molar-refractivity contribution in [3.63, 3.8) is 0 Å². The maximum Gasteiger partial charge on any atom is 0.307 e. The van der Waals surface area contributed by atoms with Crippen molar-refractivity contribution in [3.8, 4) is 0 Å². The molecule has 0 unspecified atom stereocenters. The van der Waals surface area contributed by atoms with Crippen LogP contribution in [-0.2, 0) is 9.59 Å². The van der Waals surface area contributed by atoms with Crippen LogP contribution in [0.3, 0.4) is 0 Å². The van der Waals surface area contributed by atoms with E-state index >= 15 is 0 Å². The van der Waals surface area contributed by atoms with Crippen LogP contribution in [0.4, 0.5) is 5.69 Å². The van der Waals surface area contributed by atoms with E-state index in [0.29, 0.717) is 10.7 Å². The van der Waals surface area contributed by atoms with Gasteiger partial charge < -0.3 is 10.4 Å². The monoisotopic (exact) mass is 325 g/mol. The number of rotatable bonds is 3. The summed E-state index contributed by atoms with van der Waals surface area (Å²) in [4.78, 5) is 23.9. The fraction of sp³-hybridized carbons (Fsp3) is 0.333. The normalized spacial score (nSPS) is 29.6. The molecule has 2 bridgehead atoms. The average molecular weight is 326 g/mol. The topological polar surface area (TPSA) is 66.4 Å². The van der Waals surface area contributed by atoms with Crippen LogP contribution in [0.25, 0.3) is 0 Å². The predicted octanol–water partition coefficient (Wildman–Crippen LogP) is 3.45. The molecule has 1 aromatic carbocycles. The van der Waals surface area contributed by atoms with Gasteiger partial charge >= 0.3 is 5.97 Å².